The highest BCUT2D eigenvalue weighted by atomic mass is 16.6. The summed E-state index contributed by atoms with van der Waals surface area (Å²) in [6.07, 6.45) is -0.416. The largest absolute Gasteiger partial charge is 0.462 e. The molecule has 3 aromatic carbocycles. The second kappa shape index (κ2) is 16.9. The summed E-state index contributed by atoms with van der Waals surface area (Å²) in [4.78, 5) is 62.9. The highest BCUT2D eigenvalue weighted by Gasteiger charge is 2.50. The average Bonchev–Trinajstić information content (AvgIpc) is 3.06. The molecule has 10 nitrogen and oxygen atoms in total. The molecule has 10 heteroatoms. The van der Waals surface area contributed by atoms with Gasteiger partial charge in [0.25, 0.3) is 0 Å². The van der Waals surface area contributed by atoms with E-state index < -0.39 is 54.1 Å². The molecule has 1 aliphatic carbocycles. The van der Waals surface area contributed by atoms with Crippen molar-refractivity contribution in [3.05, 3.63) is 108 Å². The monoisotopic (exact) mass is 615 g/mol. The second-order valence-corrected chi connectivity index (χ2v) is 10.7. The molecule has 1 fully saturated rings. The number of carbonyl (C=O) groups is 5. The fraction of sp³-hybridized carbons (Fsp3) is 0.343. The Morgan fingerprint density at radius 3 is 1.76 bits per heavy atom. The van der Waals surface area contributed by atoms with Gasteiger partial charge in [0.15, 0.2) is 6.10 Å². The van der Waals surface area contributed by atoms with Crippen LogP contribution < -0.4 is 5.32 Å². The number of benzene rings is 3. The van der Waals surface area contributed by atoms with E-state index in [4.69, 9.17) is 18.9 Å². The number of hydrogen-bond acceptors (Lipinski definition) is 9. The van der Waals surface area contributed by atoms with E-state index in [0.717, 1.165) is 6.29 Å². The third-order valence-electron chi connectivity index (χ3n) is 7.44. The average molecular weight is 616 g/mol. The summed E-state index contributed by atoms with van der Waals surface area (Å²) in [5.41, 5.74) is 0.878. The Bertz CT molecular complexity index is 1410. The number of nitrogens with one attached hydrogen (secondary N) is 1. The van der Waals surface area contributed by atoms with Crippen molar-refractivity contribution in [2.24, 2.45) is 5.92 Å². The van der Waals surface area contributed by atoms with Crippen LogP contribution in [0.1, 0.15) is 63.7 Å². The van der Waals surface area contributed by atoms with Crippen LogP contribution in [0, 0.1) is 5.92 Å². The zero-order chi connectivity index (χ0) is 32.0. The molecule has 0 spiro atoms. The van der Waals surface area contributed by atoms with Crippen LogP contribution in [0.5, 0.6) is 0 Å². The van der Waals surface area contributed by atoms with Crippen molar-refractivity contribution in [3.8, 4) is 0 Å². The van der Waals surface area contributed by atoms with Gasteiger partial charge in [-0.25, -0.2) is 14.4 Å². The maximum Gasteiger partial charge on any atom is 0.338 e. The number of ether oxygens (including phenoxy) is 4. The predicted octanol–water partition coefficient (Wildman–Crippen LogP) is 4.57. The first-order valence-electron chi connectivity index (χ1n) is 14.9. The fourth-order valence-electron chi connectivity index (χ4n) is 5.25. The van der Waals surface area contributed by atoms with Gasteiger partial charge in [-0.1, -0.05) is 54.6 Å². The molecule has 1 aliphatic rings. The summed E-state index contributed by atoms with van der Waals surface area (Å²) in [6.45, 7) is 1.41. The van der Waals surface area contributed by atoms with E-state index in [1.54, 1.807) is 91.0 Å². The highest BCUT2D eigenvalue weighted by molar-refractivity contribution is 5.91. The number of carbonyl (C=O) groups excluding carboxylic acids is 5. The van der Waals surface area contributed by atoms with Gasteiger partial charge < -0.3 is 29.1 Å². The van der Waals surface area contributed by atoms with Gasteiger partial charge in [-0.05, 0) is 55.7 Å². The molecule has 45 heavy (non-hydrogen) atoms. The molecule has 4 rings (SSSR count). The third kappa shape index (κ3) is 9.58. The lowest BCUT2D eigenvalue weighted by molar-refractivity contribution is -0.146. The number of aldehydes is 1. The van der Waals surface area contributed by atoms with Gasteiger partial charge in [0, 0.05) is 25.9 Å². The highest BCUT2D eigenvalue weighted by Crippen LogP contribution is 2.34. The van der Waals surface area contributed by atoms with Crippen LogP contribution in [0.2, 0.25) is 0 Å². The number of hydrogen-bond donors (Lipinski definition) is 1. The minimum absolute atomic E-state index is 0.183. The van der Waals surface area contributed by atoms with E-state index in [0.29, 0.717) is 24.8 Å². The number of amides is 1. The molecule has 1 saturated carbocycles. The van der Waals surface area contributed by atoms with Gasteiger partial charge in [0.05, 0.1) is 35.4 Å². The van der Waals surface area contributed by atoms with Crippen LogP contribution in [-0.2, 0) is 28.5 Å². The minimum atomic E-state index is -1.21. The van der Waals surface area contributed by atoms with Gasteiger partial charge in [0.2, 0.25) is 5.91 Å². The normalized spacial score (nSPS) is 20.8. The van der Waals surface area contributed by atoms with Gasteiger partial charge in [-0.3, -0.25) is 4.79 Å². The van der Waals surface area contributed by atoms with Crippen molar-refractivity contribution in [3.63, 3.8) is 0 Å². The molecule has 0 radical (unpaired) electrons. The number of esters is 3. The molecule has 0 aromatic heterocycles. The molecule has 0 aliphatic heterocycles. The summed E-state index contributed by atoms with van der Waals surface area (Å²) >= 11 is 0. The van der Waals surface area contributed by atoms with Crippen molar-refractivity contribution >= 4 is 30.1 Å². The Morgan fingerprint density at radius 2 is 1.24 bits per heavy atom. The molecule has 0 heterocycles. The molecular weight excluding hydrogens is 578 g/mol. The Hall–Kier alpha value is -4.83. The maximum absolute atomic E-state index is 13.4. The predicted molar refractivity (Wildman–Crippen MR) is 163 cm³/mol. The van der Waals surface area contributed by atoms with E-state index in [-0.39, 0.29) is 30.8 Å². The van der Waals surface area contributed by atoms with E-state index in [1.807, 2.05) is 0 Å². The molecule has 5 atom stereocenters. The molecular formula is C35H37NO9. The second-order valence-electron chi connectivity index (χ2n) is 10.7. The van der Waals surface area contributed by atoms with Crippen LogP contribution in [0.4, 0.5) is 0 Å². The van der Waals surface area contributed by atoms with E-state index in [1.165, 1.54) is 6.92 Å². The summed E-state index contributed by atoms with van der Waals surface area (Å²) in [5, 5.41) is 2.85. The molecule has 0 saturated heterocycles. The Kier molecular flexibility index (Phi) is 12.4. The first kappa shape index (κ1) is 33.1. The quantitative estimate of drug-likeness (QED) is 0.120. The van der Waals surface area contributed by atoms with Gasteiger partial charge in [-0.15, -0.1) is 0 Å². The third-order valence-corrected chi connectivity index (χ3v) is 7.44. The first-order valence-corrected chi connectivity index (χ1v) is 14.9. The lowest BCUT2D eigenvalue weighted by atomic mass is 9.79. The summed E-state index contributed by atoms with van der Waals surface area (Å²) in [5.74, 6) is -3.02. The van der Waals surface area contributed by atoms with Crippen LogP contribution in [-0.4, -0.2) is 67.7 Å². The molecule has 236 valence electrons. The molecule has 1 amide bonds. The smallest absolute Gasteiger partial charge is 0.338 e. The van der Waals surface area contributed by atoms with Crippen LogP contribution >= 0.6 is 0 Å². The van der Waals surface area contributed by atoms with Gasteiger partial charge >= 0.3 is 17.9 Å². The SMILES string of the molecule is CC(=O)NC1C(OC(=O)c2ccccc2)[C@@H](OC(=O)c2ccccc2)C(COC(=O)c2ccccc2)C[C@H]1OCCCCC=O. The Balaban J connectivity index is 1.68. The van der Waals surface area contributed by atoms with Gasteiger partial charge in [-0.2, -0.15) is 0 Å². The number of unbranched alkanes of at least 4 members (excludes halogenated alkanes) is 2. The van der Waals surface area contributed by atoms with E-state index in [2.05, 4.69) is 5.32 Å². The Labute approximate surface area is 262 Å². The fourth-order valence-corrected chi connectivity index (χ4v) is 5.25. The van der Waals surface area contributed by atoms with Gasteiger partial charge in [0.1, 0.15) is 12.4 Å². The molecule has 3 aromatic rings. The van der Waals surface area contributed by atoms with Crippen LogP contribution in [0.3, 0.4) is 0 Å². The maximum atomic E-state index is 13.4. The Morgan fingerprint density at radius 1 is 0.733 bits per heavy atom. The summed E-state index contributed by atoms with van der Waals surface area (Å²) < 4.78 is 24.0. The van der Waals surface area contributed by atoms with Crippen molar-refractivity contribution < 1.29 is 42.9 Å². The van der Waals surface area contributed by atoms with Crippen molar-refractivity contribution in [1.29, 1.82) is 0 Å². The minimum Gasteiger partial charge on any atom is -0.462 e. The molecule has 3 unspecified atom stereocenters. The zero-order valence-corrected chi connectivity index (χ0v) is 25.0. The molecule has 0 bridgehead atoms. The van der Waals surface area contributed by atoms with Crippen LogP contribution in [0.25, 0.3) is 0 Å². The zero-order valence-electron chi connectivity index (χ0n) is 25.0. The lowest BCUT2D eigenvalue weighted by Crippen LogP contribution is -2.64. The van der Waals surface area contributed by atoms with E-state index >= 15 is 0 Å². The van der Waals surface area contributed by atoms with Crippen molar-refractivity contribution in [2.45, 2.75) is 57.0 Å². The molecule has 1 N–H and O–H groups in total. The first-order chi connectivity index (χ1) is 21.9. The standard InChI is InChI=1S/C35H37NO9/c1-24(38)36-30-29(42-21-13-5-12-20-37)22-28(23-43-33(39)25-14-6-2-7-15-25)31(44-34(40)26-16-8-3-9-17-26)32(30)45-35(41)27-18-10-4-11-19-27/h2-4,6-11,14-20,28-32H,5,12-13,21-23H2,1H3,(H,36,38)/t28?,29-,30?,31+,32?/m1/s1. The van der Waals surface area contributed by atoms with Crippen molar-refractivity contribution in [1.82, 2.24) is 5.32 Å². The lowest BCUT2D eigenvalue weighted by Gasteiger charge is -2.45. The summed E-state index contributed by atoms with van der Waals surface area (Å²) in [6, 6.07) is 24.2. The summed E-state index contributed by atoms with van der Waals surface area (Å²) in [7, 11) is 0. The van der Waals surface area contributed by atoms with Crippen molar-refractivity contribution in [2.75, 3.05) is 13.2 Å². The van der Waals surface area contributed by atoms with E-state index in [9.17, 15) is 24.0 Å². The van der Waals surface area contributed by atoms with Crippen LogP contribution in [0.15, 0.2) is 91.0 Å². The topological polar surface area (TPSA) is 134 Å². The number of rotatable bonds is 14.